The van der Waals surface area contributed by atoms with Crippen molar-refractivity contribution in [3.8, 4) is 0 Å². The van der Waals surface area contributed by atoms with Crippen LogP contribution in [0.1, 0.15) is 6.92 Å². The molecule has 0 aliphatic carbocycles. The molecule has 2 rings (SSSR count). The van der Waals surface area contributed by atoms with Gasteiger partial charge in [0.15, 0.2) is 0 Å². The van der Waals surface area contributed by atoms with Gasteiger partial charge in [-0.05, 0) is 37.3 Å². The third-order valence-corrected chi connectivity index (χ3v) is 3.14. The summed E-state index contributed by atoms with van der Waals surface area (Å²) >= 11 is 3.40. The molecule has 0 aromatic heterocycles. The Balaban J connectivity index is 1.96. The number of anilines is 2. The van der Waals surface area contributed by atoms with Gasteiger partial charge in [-0.2, -0.15) is 0 Å². The van der Waals surface area contributed by atoms with Crippen molar-refractivity contribution in [1.29, 1.82) is 0 Å². The van der Waals surface area contributed by atoms with Crippen LogP contribution in [0, 0.1) is 0 Å². The van der Waals surface area contributed by atoms with Crippen LogP contribution in [0.5, 0.6) is 0 Å². The zero-order valence-electron chi connectivity index (χ0n) is 10.6. The fraction of sp³-hybridized carbons (Fsp3) is 0.133. The monoisotopic (exact) mass is 318 g/mol. The molecule has 0 aliphatic heterocycles. The first kappa shape index (κ1) is 13.6. The molecule has 0 heterocycles. The van der Waals surface area contributed by atoms with Crippen molar-refractivity contribution in [2.45, 2.75) is 13.0 Å². The van der Waals surface area contributed by atoms with E-state index in [0.29, 0.717) is 0 Å². The van der Waals surface area contributed by atoms with E-state index in [-0.39, 0.29) is 11.9 Å². The van der Waals surface area contributed by atoms with Gasteiger partial charge in [-0.15, -0.1) is 0 Å². The van der Waals surface area contributed by atoms with Crippen LogP contribution in [0.4, 0.5) is 11.4 Å². The lowest BCUT2D eigenvalue weighted by Crippen LogP contribution is -2.31. The second-order valence-corrected chi connectivity index (χ2v) is 5.15. The summed E-state index contributed by atoms with van der Waals surface area (Å²) in [6.45, 7) is 1.83. The minimum absolute atomic E-state index is 0.0637. The second kappa shape index (κ2) is 6.38. The molecule has 0 fully saturated rings. The van der Waals surface area contributed by atoms with Gasteiger partial charge in [-0.3, -0.25) is 4.79 Å². The molecule has 19 heavy (non-hydrogen) atoms. The third-order valence-electron chi connectivity index (χ3n) is 2.64. The first-order chi connectivity index (χ1) is 9.15. The summed E-state index contributed by atoms with van der Waals surface area (Å²) in [7, 11) is 0. The number of halogens is 1. The summed E-state index contributed by atoms with van der Waals surface area (Å²) in [5.41, 5.74) is 1.71. The van der Waals surface area contributed by atoms with E-state index in [9.17, 15) is 4.79 Å². The van der Waals surface area contributed by atoms with E-state index in [1.807, 2.05) is 61.5 Å². The molecule has 0 saturated heterocycles. The topological polar surface area (TPSA) is 41.1 Å². The summed E-state index contributed by atoms with van der Waals surface area (Å²) in [5.74, 6) is -0.0637. The Kier molecular flexibility index (Phi) is 4.58. The molecule has 0 bridgehead atoms. The van der Waals surface area contributed by atoms with Gasteiger partial charge in [0.1, 0.15) is 6.04 Å². The molecule has 1 amide bonds. The Morgan fingerprint density at radius 1 is 1.05 bits per heavy atom. The quantitative estimate of drug-likeness (QED) is 0.898. The van der Waals surface area contributed by atoms with Gasteiger partial charge in [0.25, 0.3) is 0 Å². The van der Waals surface area contributed by atoms with Gasteiger partial charge in [-0.1, -0.05) is 40.2 Å². The minimum atomic E-state index is -0.311. The van der Waals surface area contributed by atoms with Gasteiger partial charge in [-0.25, -0.2) is 0 Å². The lowest BCUT2D eigenvalue weighted by atomic mass is 10.2. The fourth-order valence-electron chi connectivity index (χ4n) is 1.67. The van der Waals surface area contributed by atoms with Crippen LogP contribution in [-0.2, 0) is 4.79 Å². The maximum absolute atomic E-state index is 12.0. The van der Waals surface area contributed by atoms with Crippen LogP contribution >= 0.6 is 15.9 Å². The summed E-state index contributed by atoms with van der Waals surface area (Å²) in [6, 6.07) is 16.8. The van der Waals surface area contributed by atoms with E-state index in [2.05, 4.69) is 26.6 Å². The molecule has 1 unspecified atom stereocenters. The summed E-state index contributed by atoms with van der Waals surface area (Å²) in [4.78, 5) is 12.0. The number of hydrogen-bond acceptors (Lipinski definition) is 2. The standard InChI is InChI=1S/C15H15BrN2O/c1-11(17-14-9-5-6-12(16)10-14)15(19)18-13-7-3-2-4-8-13/h2-11,17H,1H3,(H,18,19). The highest BCUT2D eigenvalue weighted by atomic mass is 79.9. The Bertz CT molecular complexity index is 557. The first-order valence-corrected chi connectivity index (χ1v) is 6.82. The van der Waals surface area contributed by atoms with Crippen molar-refractivity contribution >= 4 is 33.2 Å². The zero-order chi connectivity index (χ0) is 13.7. The molecular weight excluding hydrogens is 304 g/mol. The lowest BCUT2D eigenvalue weighted by molar-refractivity contribution is -0.116. The van der Waals surface area contributed by atoms with E-state index in [0.717, 1.165) is 15.8 Å². The van der Waals surface area contributed by atoms with Gasteiger partial charge >= 0.3 is 0 Å². The van der Waals surface area contributed by atoms with Crippen LogP contribution in [0.2, 0.25) is 0 Å². The smallest absolute Gasteiger partial charge is 0.246 e. The highest BCUT2D eigenvalue weighted by Crippen LogP contribution is 2.16. The number of nitrogens with one attached hydrogen (secondary N) is 2. The van der Waals surface area contributed by atoms with E-state index >= 15 is 0 Å². The predicted molar refractivity (Wildman–Crippen MR) is 82.3 cm³/mol. The van der Waals surface area contributed by atoms with Crippen molar-refractivity contribution in [1.82, 2.24) is 0 Å². The Morgan fingerprint density at radius 3 is 2.42 bits per heavy atom. The third kappa shape index (κ3) is 4.10. The number of carbonyl (C=O) groups is 1. The SMILES string of the molecule is CC(Nc1cccc(Br)c1)C(=O)Nc1ccccc1. The van der Waals surface area contributed by atoms with E-state index in [4.69, 9.17) is 0 Å². The largest absolute Gasteiger partial charge is 0.374 e. The predicted octanol–water partition coefficient (Wildman–Crippen LogP) is 3.89. The van der Waals surface area contributed by atoms with Crippen molar-refractivity contribution < 1.29 is 4.79 Å². The molecule has 2 aromatic rings. The second-order valence-electron chi connectivity index (χ2n) is 4.23. The van der Waals surface area contributed by atoms with Gasteiger partial charge in [0.05, 0.1) is 0 Å². The van der Waals surface area contributed by atoms with Gasteiger partial charge in [0.2, 0.25) is 5.91 Å². The molecular formula is C15H15BrN2O. The lowest BCUT2D eigenvalue weighted by Gasteiger charge is -2.15. The first-order valence-electron chi connectivity index (χ1n) is 6.03. The van der Waals surface area contributed by atoms with Crippen LogP contribution in [0.15, 0.2) is 59.1 Å². The molecule has 3 nitrogen and oxygen atoms in total. The highest BCUT2D eigenvalue weighted by Gasteiger charge is 2.12. The van der Waals surface area contributed by atoms with Crippen molar-refractivity contribution in [2.24, 2.45) is 0 Å². The highest BCUT2D eigenvalue weighted by molar-refractivity contribution is 9.10. The van der Waals surface area contributed by atoms with Crippen molar-refractivity contribution in [3.63, 3.8) is 0 Å². The van der Waals surface area contributed by atoms with Gasteiger partial charge < -0.3 is 10.6 Å². The van der Waals surface area contributed by atoms with Crippen LogP contribution in [0.3, 0.4) is 0 Å². The fourth-order valence-corrected chi connectivity index (χ4v) is 2.07. The number of para-hydroxylation sites is 1. The van der Waals surface area contributed by atoms with Crippen LogP contribution in [0.25, 0.3) is 0 Å². The Labute approximate surface area is 121 Å². The summed E-state index contributed by atoms with van der Waals surface area (Å²) in [6.07, 6.45) is 0. The number of benzene rings is 2. The minimum Gasteiger partial charge on any atom is -0.374 e. The van der Waals surface area contributed by atoms with E-state index < -0.39 is 0 Å². The molecule has 0 aliphatic rings. The molecule has 1 atom stereocenters. The summed E-state index contributed by atoms with van der Waals surface area (Å²) < 4.78 is 0.980. The molecule has 0 radical (unpaired) electrons. The van der Waals surface area contributed by atoms with E-state index in [1.54, 1.807) is 0 Å². The number of rotatable bonds is 4. The average molecular weight is 319 g/mol. The molecule has 98 valence electrons. The molecule has 2 aromatic carbocycles. The normalized spacial score (nSPS) is 11.7. The average Bonchev–Trinajstić information content (AvgIpc) is 2.40. The Hall–Kier alpha value is -1.81. The van der Waals surface area contributed by atoms with Crippen LogP contribution < -0.4 is 10.6 Å². The summed E-state index contributed by atoms with van der Waals surface area (Å²) in [5, 5.41) is 6.02. The molecule has 0 spiro atoms. The maximum Gasteiger partial charge on any atom is 0.246 e. The molecule has 4 heteroatoms. The maximum atomic E-state index is 12.0. The molecule has 2 N–H and O–H groups in total. The number of carbonyl (C=O) groups excluding carboxylic acids is 1. The Morgan fingerprint density at radius 2 is 1.74 bits per heavy atom. The van der Waals surface area contributed by atoms with E-state index in [1.165, 1.54) is 0 Å². The number of amides is 1. The van der Waals surface area contributed by atoms with Gasteiger partial charge in [0, 0.05) is 15.8 Å². The van der Waals surface area contributed by atoms with Crippen LogP contribution in [-0.4, -0.2) is 11.9 Å². The molecule has 0 saturated carbocycles. The van der Waals surface area contributed by atoms with Crippen molar-refractivity contribution in [3.05, 3.63) is 59.1 Å². The van der Waals surface area contributed by atoms with Crippen molar-refractivity contribution in [2.75, 3.05) is 10.6 Å². The zero-order valence-corrected chi connectivity index (χ0v) is 12.1. The number of hydrogen-bond donors (Lipinski definition) is 2.